The molecule has 0 spiro atoms. The molecule has 0 unspecified atom stereocenters. The van der Waals surface area contributed by atoms with E-state index in [0.29, 0.717) is 18.8 Å². The Bertz CT molecular complexity index is 354. The van der Waals surface area contributed by atoms with Crippen molar-refractivity contribution in [1.29, 1.82) is 0 Å². The van der Waals surface area contributed by atoms with Crippen molar-refractivity contribution < 1.29 is 19.0 Å². The quantitative estimate of drug-likeness (QED) is 0.558. The van der Waals surface area contributed by atoms with Crippen LogP contribution in [-0.4, -0.2) is 32.4 Å². The predicted octanol–water partition coefficient (Wildman–Crippen LogP) is 1.39. The van der Waals surface area contributed by atoms with E-state index >= 15 is 0 Å². The fourth-order valence-corrected chi connectivity index (χ4v) is 1.33. The maximum absolute atomic E-state index is 11.2. The van der Waals surface area contributed by atoms with Gasteiger partial charge in [-0.15, -0.1) is 0 Å². The van der Waals surface area contributed by atoms with Crippen LogP contribution in [0, 0.1) is 0 Å². The van der Waals surface area contributed by atoms with Crippen LogP contribution in [-0.2, 0) is 20.8 Å². The lowest BCUT2D eigenvalue weighted by Crippen LogP contribution is -2.03. The number of ether oxygens (including phenoxy) is 3. The van der Waals surface area contributed by atoms with Gasteiger partial charge < -0.3 is 14.2 Å². The highest BCUT2D eigenvalue weighted by Gasteiger charge is 2.22. The van der Waals surface area contributed by atoms with Crippen LogP contribution in [0.25, 0.3) is 0 Å². The first-order chi connectivity index (χ1) is 7.79. The summed E-state index contributed by atoms with van der Waals surface area (Å²) in [5, 5.41) is 0. The largest absolute Gasteiger partial charge is 0.465 e. The summed E-state index contributed by atoms with van der Waals surface area (Å²) in [7, 11) is 1.37. The zero-order valence-corrected chi connectivity index (χ0v) is 9.14. The summed E-state index contributed by atoms with van der Waals surface area (Å²) in [4.78, 5) is 11.2. The first kappa shape index (κ1) is 11.1. The molecule has 0 radical (unpaired) electrons. The van der Waals surface area contributed by atoms with Crippen molar-refractivity contribution in [3.05, 3.63) is 35.4 Å². The standard InChI is InChI=1S/C12H14O4/c1-14-12(13)10-4-2-9(3-5-10)6-15-7-11-8-16-11/h2-5,11H,6-8H2,1H3/t11-/m1/s1. The monoisotopic (exact) mass is 222 g/mol. The lowest BCUT2D eigenvalue weighted by molar-refractivity contribution is 0.0600. The molecule has 1 aliphatic rings. The number of hydrogen-bond acceptors (Lipinski definition) is 4. The van der Waals surface area contributed by atoms with Crippen LogP contribution in [0.1, 0.15) is 15.9 Å². The van der Waals surface area contributed by atoms with E-state index in [-0.39, 0.29) is 12.1 Å². The lowest BCUT2D eigenvalue weighted by atomic mass is 10.1. The Kier molecular flexibility index (Phi) is 3.54. The zero-order chi connectivity index (χ0) is 11.4. The summed E-state index contributed by atoms with van der Waals surface area (Å²) in [5.41, 5.74) is 1.59. The highest BCUT2D eigenvalue weighted by molar-refractivity contribution is 5.89. The molecular formula is C12H14O4. The van der Waals surface area contributed by atoms with Crippen molar-refractivity contribution in [2.75, 3.05) is 20.3 Å². The first-order valence-corrected chi connectivity index (χ1v) is 5.16. The average molecular weight is 222 g/mol. The van der Waals surface area contributed by atoms with E-state index in [9.17, 15) is 4.79 Å². The Morgan fingerprint density at radius 1 is 1.44 bits per heavy atom. The van der Waals surface area contributed by atoms with Crippen LogP contribution in [0.2, 0.25) is 0 Å². The average Bonchev–Trinajstić information content (AvgIpc) is 3.13. The number of carbonyl (C=O) groups excluding carboxylic acids is 1. The van der Waals surface area contributed by atoms with Gasteiger partial charge in [-0.3, -0.25) is 0 Å². The van der Waals surface area contributed by atoms with Crippen LogP contribution in [0.3, 0.4) is 0 Å². The molecule has 1 saturated heterocycles. The minimum Gasteiger partial charge on any atom is -0.465 e. The molecule has 0 aliphatic carbocycles. The van der Waals surface area contributed by atoms with Gasteiger partial charge in [-0.1, -0.05) is 12.1 Å². The summed E-state index contributed by atoms with van der Waals surface area (Å²) in [6.45, 7) is 1.99. The minimum atomic E-state index is -0.321. The second-order valence-corrected chi connectivity index (χ2v) is 3.66. The van der Waals surface area contributed by atoms with Crippen molar-refractivity contribution in [3.8, 4) is 0 Å². The van der Waals surface area contributed by atoms with Gasteiger partial charge in [-0.25, -0.2) is 4.79 Å². The molecule has 0 saturated carbocycles. The number of methoxy groups -OCH3 is 1. The Morgan fingerprint density at radius 2 is 2.12 bits per heavy atom. The van der Waals surface area contributed by atoms with Crippen LogP contribution in [0.4, 0.5) is 0 Å². The van der Waals surface area contributed by atoms with Gasteiger partial charge in [0, 0.05) is 0 Å². The van der Waals surface area contributed by atoms with E-state index in [2.05, 4.69) is 4.74 Å². The molecule has 4 nitrogen and oxygen atoms in total. The van der Waals surface area contributed by atoms with Gasteiger partial charge >= 0.3 is 5.97 Å². The van der Waals surface area contributed by atoms with Crippen LogP contribution in [0.15, 0.2) is 24.3 Å². The normalized spacial score (nSPS) is 18.2. The molecule has 1 aliphatic heterocycles. The third-order valence-corrected chi connectivity index (χ3v) is 2.35. The summed E-state index contributed by atoms with van der Waals surface area (Å²) in [6.07, 6.45) is 0.286. The van der Waals surface area contributed by atoms with E-state index in [1.807, 2.05) is 12.1 Å². The van der Waals surface area contributed by atoms with E-state index in [0.717, 1.165) is 12.2 Å². The van der Waals surface area contributed by atoms with Gasteiger partial charge in [0.1, 0.15) is 6.10 Å². The summed E-state index contributed by atoms with van der Waals surface area (Å²) >= 11 is 0. The van der Waals surface area contributed by atoms with Gasteiger partial charge in [0.15, 0.2) is 0 Å². The lowest BCUT2D eigenvalue weighted by Gasteiger charge is -2.03. The molecule has 1 fully saturated rings. The molecule has 1 heterocycles. The van der Waals surface area contributed by atoms with Crippen molar-refractivity contribution in [2.45, 2.75) is 12.7 Å². The first-order valence-electron chi connectivity index (χ1n) is 5.16. The minimum absolute atomic E-state index is 0.286. The van der Waals surface area contributed by atoms with E-state index in [4.69, 9.17) is 9.47 Å². The second-order valence-electron chi connectivity index (χ2n) is 3.66. The molecule has 86 valence electrons. The third kappa shape index (κ3) is 3.05. The Labute approximate surface area is 94.1 Å². The van der Waals surface area contributed by atoms with E-state index in [1.54, 1.807) is 12.1 Å². The molecule has 0 bridgehead atoms. The molecule has 0 N–H and O–H groups in total. The van der Waals surface area contributed by atoms with Gasteiger partial charge in [0.05, 0.1) is 32.5 Å². The second kappa shape index (κ2) is 5.09. The molecule has 0 aromatic heterocycles. The number of carbonyl (C=O) groups is 1. The van der Waals surface area contributed by atoms with Gasteiger partial charge in [0.25, 0.3) is 0 Å². The molecule has 2 rings (SSSR count). The smallest absolute Gasteiger partial charge is 0.337 e. The maximum atomic E-state index is 11.2. The van der Waals surface area contributed by atoms with Crippen molar-refractivity contribution in [1.82, 2.24) is 0 Å². The SMILES string of the molecule is COC(=O)c1ccc(COC[C@@H]2CO2)cc1. The van der Waals surface area contributed by atoms with Crippen molar-refractivity contribution in [3.63, 3.8) is 0 Å². The van der Waals surface area contributed by atoms with Gasteiger partial charge in [0.2, 0.25) is 0 Å². The topological polar surface area (TPSA) is 48.1 Å². The molecule has 0 amide bonds. The van der Waals surface area contributed by atoms with E-state index in [1.165, 1.54) is 7.11 Å². The number of hydrogen-bond donors (Lipinski definition) is 0. The molecule has 16 heavy (non-hydrogen) atoms. The van der Waals surface area contributed by atoms with Crippen LogP contribution in [0.5, 0.6) is 0 Å². The van der Waals surface area contributed by atoms with Crippen LogP contribution >= 0.6 is 0 Å². The maximum Gasteiger partial charge on any atom is 0.337 e. The van der Waals surface area contributed by atoms with Crippen molar-refractivity contribution in [2.24, 2.45) is 0 Å². The fourth-order valence-electron chi connectivity index (χ4n) is 1.33. The molecule has 1 atom stereocenters. The third-order valence-electron chi connectivity index (χ3n) is 2.35. The van der Waals surface area contributed by atoms with E-state index < -0.39 is 0 Å². The summed E-state index contributed by atoms with van der Waals surface area (Å²) in [5.74, 6) is -0.321. The molecule has 1 aromatic carbocycles. The van der Waals surface area contributed by atoms with Gasteiger partial charge in [-0.05, 0) is 17.7 Å². The number of esters is 1. The van der Waals surface area contributed by atoms with Crippen molar-refractivity contribution >= 4 is 5.97 Å². The summed E-state index contributed by atoms with van der Waals surface area (Å²) in [6, 6.07) is 7.19. The highest BCUT2D eigenvalue weighted by atomic mass is 16.6. The number of epoxide rings is 1. The molecule has 4 heteroatoms. The molecular weight excluding hydrogens is 208 g/mol. The molecule has 1 aromatic rings. The highest BCUT2D eigenvalue weighted by Crippen LogP contribution is 2.11. The fraction of sp³-hybridized carbons (Fsp3) is 0.417. The van der Waals surface area contributed by atoms with Crippen LogP contribution < -0.4 is 0 Å². The number of benzene rings is 1. The van der Waals surface area contributed by atoms with Gasteiger partial charge in [-0.2, -0.15) is 0 Å². The number of rotatable bonds is 5. The zero-order valence-electron chi connectivity index (χ0n) is 9.14. The Hall–Kier alpha value is -1.39. The Morgan fingerprint density at radius 3 is 2.69 bits per heavy atom. The predicted molar refractivity (Wildman–Crippen MR) is 57.2 cm³/mol. The Balaban J connectivity index is 1.83. The summed E-state index contributed by atoms with van der Waals surface area (Å²) < 4.78 is 15.1.